The lowest BCUT2D eigenvalue weighted by Gasteiger charge is -2.19. The van der Waals surface area contributed by atoms with Gasteiger partial charge in [-0.3, -0.25) is 0 Å². The van der Waals surface area contributed by atoms with Gasteiger partial charge in [-0.2, -0.15) is 0 Å². The molecule has 0 fully saturated rings. The largest absolute Gasteiger partial charge is 0.449 e. The zero-order chi connectivity index (χ0) is 27.2. The Labute approximate surface area is 219 Å². The van der Waals surface area contributed by atoms with E-state index in [9.17, 15) is 18.3 Å². The summed E-state index contributed by atoms with van der Waals surface area (Å²) in [5.41, 5.74) is 2.12. The quantitative estimate of drug-likeness (QED) is 0.330. The molecule has 0 saturated carbocycles. The summed E-state index contributed by atoms with van der Waals surface area (Å²) in [7, 11) is -4.16. The first-order chi connectivity index (χ1) is 17.4. The molecule has 0 spiro atoms. The number of nitrogens with one attached hydrogen (secondary N) is 1. The molecule has 1 aromatic heterocycles. The minimum atomic E-state index is -4.16. The highest BCUT2D eigenvalue weighted by molar-refractivity contribution is 7.90. The lowest BCUT2D eigenvalue weighted by molar-refractivity contribution is 0.0652. The standard InChI is InChI=1S/C28H37N3O5S/c1-6-7-16-36-27(32)30-37(34,35)25-13-10-22(17-20(2)3)18-24(25)23-11-8-21(9-12-23)19-31-15-14-29-26(31)28(4,5)33/h8-15,18,20,33H,6-7,16-17,19H2,1-5H3,(H,30,32). The van der Waals surface area contributed by atoms with Crippen molar-refractivity contribution in [2.75, 3.05) is 6.61 Å². The summed E-state index contributed by atoms with van der Waals surface area (Å²) in [5, 5.41) is 10.4. The van der Waals surface area contributed by atoms with Crippen LogP contribution in [0.25, 0.3) is 11.1 Å². The van der Waals surface area contributed by atoms with Crippen LogP contribution in [0.15, 0.2) is 59.8 Å². The highest BCUT2D eigenvalue weighted by atomic mass is 32.2. The predicted octanol–water partition coefficient (Wildman–Crippen LogP) is 5.24. The van der Waals surface area contributed by atoms with Gasteiger partial charge >= 0.3 is 6.09 Å². The van der Waals surface area contributed by atoms with E-state index in [-0.39, 0.29) is 11.5 Å². The molecule has 2 aromatic carbocycles. The number of imidazole rings is 1. The summed E-state index contributed by atoms with van der Waals surface area (Å²) in [5.74, 6) is 0.952. The molecule has 0 aliphatic heterocycles. The molecule has 0 bridgehead atoms. The zero-order valence-electron chi connectivity index (χ0n) is 22.2. The molecule has 9 heteroatoms. The molecule has 37 heavy (non-hydrogen) atoms. The van der Waals surface area contributed by atoms with E-state index in [0.717, 1.165) is 24.0 Å². The number of amides is 1. The fraction of sp³-hybridized carbons (Fsp3) is 0.429. The molecular weight excluding hydrogens is 490 g/mol. The lowest BCUT2D eigenvalue weighted by Crippen LogP contribution is -2.31. The Morgan fingerprint density at radius 2 is 1.81 bits per heavy atom. The molecule has 0 aliphatic rings. The average Bonchev–Trinajstić information content (AvgIpc) is 3.28. The van der Waals surface area contributed by atoms with Crippen LogP contribution in [-0.2, 0) is 33.3 Å². The molecule has 8 nitrogen and oxygen atoms in total. The summed E-state index contributed by atoms with van der Waals surface area (Å²) in [4.78, 5) is 16.4. The number of rotatable bonds is 11. The molecule has 3 aromatic rings. The Morgan fingerprint density at radius 1 is 1.14 bits per heavy atom. The Balaban J connectivity index is 1.93. The molecule has 1 heterocycles. The van der Waals surface area contributed by atoms with Crippen LogP contribution in [0.1, 0.15) is 64.4 Å². The normalized spacial score (nSPS) is 12.1. The monoisotopic (exact) mass is 527 g/mol. The van der Waals surface area contributed by atoms with Crippen LogP contribution in [-0.4, -0.2) is 35.8 Å². The Bertz CT molecular complexity index is 1310. The molecule has 0 radical (unpaired) electrons. The van der Waals surface area contributed by atoms with Crippen molar-refractivity contribution in [2.24, 2.45) is 5.92 Å². The number of sulfonamides is 1. The Kier molecular flexibility index (Phi) is 9.15. The van der Waals surface area contributed by atoms with Gasteiger partial charge < -0.3 is 14.4 Å². The van der Waals surface area contributed by atoms with Crippen LogP contribution in [0, 0.1) is 5.92 Å². The first kappa shape index (κ1) is 28.4. The van der Waals surface area contributed by atoms with E-state index in [1.165, 1.54) is 0 Å². The lowest BCUT2D eigenvalue weighted by atomic mass is 9.97. The molecule has 0 atom stereocenters. The van der Waals surface area contributed by atoms with Crippen molar-refractivity contribution in [3.63, 3.8) is 0 Å². The van der Waals surface area contributed by atoms with Gasteiger partial charge in [0.1, 0.15) is 11.4 Å². The third-order valence-corrected chi connectivity index (χ3v) is 7.18. The molecule has 2 N–H and O–H groups in total. The molecule has 0 aliphatic carbocycles. The van der Waals surface area contributed by atoms with E-state index in [2.05, 4.69) is 18.8 Å². The van der Waals surface area contributed by atoms with Crippen molar-refractivity contribution in [3.05, 3.63) is 71.8 Å². The van der Waals surface area contributed by atoms with Gasteiger partial charge in [-0.25, -0.2) is 22.9 Å². The number of benzene rings is 2. The Hall–Kier alpha value is -3.17. The highest BCUT2D eigenvalue weighted by Crippen LogP contribution is 2.30. The van der Waals surface area contributed by atoms with Gasteiger partial charge in [0.15, 0.2) is 0 Å². The van der Waals surface area contributed by atoms with E-state index in [0.29, 0.717) is 35.8 Å². The SMILES string of the molecule is CCCCOC(=O)NS(=O)(=O)c1ccc(CC(C)C)cc1-c1ccc(Cn2ccnc2C(C)(C)O)cc1. The number of hydrogen-bond acceptors (Lipinski definition) is 6. The van der Waals surface area contributed by atoms with E-state index in [4.69, 9.17) is 4.74 Å². The van der Waals surface area contributed by atoms with Crippen LogP contribution in [0.3, 0.4) is 0 Å². The first-order valence-electron chi connectivity index (χ1n) is 12.6. The second-order valence-electron chi connectivity index (χ2n) is 10.2. The fourth-order valence-electron chi connectivity index (χ4n) is 4.09. The maximum atomic E-state index is 13.2. The maximum Gasteiger partial charge on any atom is 0.421 e. The summed E-state index contributed by atoms with van der Waals surface area (Å²) < 4.78 is 35.3. The number of aliphatic hydroxyl groups is 1. The molecule has 3 rings (SSSR count). The maximum absolute atomic E-state index is 13.2. The Morgan fingerprint density at radius 3 is 2.43 bits per heavy atom. The van der Waals surface area contributed by atoms with Crippen molar-refractivity contribution >= 4 is 16.1 Å². The number of hydrogen-bond donors (Lipinski definition) is 2. The number of carbonyl (C=O) groups is 1. The fourth-order valence-corrected chi connectivity index (χ4v) is 5.19. The molecule has 0 saturated heterocycles. The van der Waals surface area contributed by atoms with Crippen molar-refractivity contribution in [1.82, 2.24) is 14.3 Å². The number of nitrogens with zero attached hydrogens (tertiary/aromatic N) is 2. The molecular formula is C28H37N3O5S. The molecule has 200 valence electrons. The predicted molar refractivity (Wildman–Crippen MR) is 144 cm³/mol. The average molecular weight is 528 g/mol. The third-order valence-electron chi connectivity index (χ3n) is 5.81. The number of aromatic nitrogens is 2. The van der Waals surface area contributed by atoms with Gasteiger partial charge in [-0.1, -0.05) is 57.5 Å². The van der Waals surface area contributed by atoms with Crippen LogP contribution < -0.4 is 4.72 Å². The van der Waals surface area contributed by atoms with Gasteiger partial charge in [-0.05, 0) is 61.4 Å². The minimum absolute atomic E-state index is 0.0131. The zero-order valence-corrected chi connectivity index (χ0v) is 23.0. The summed E-state index contributed by atoms with van der Waals surface area (Å²) in [6.07, 6.45) is 4.76. The summed E-state index contributed by atoms with van der Waals surface area (Å²) in [6.45, 7) is 10.2. The first-order valence-corrected chi connectivity index (χ1v) is 14.0. The van der Waals surface area contributed by atoms with Gasteiger partial charge in [-0.15, -0.1) is 0 Å². The second kappa shape index (κ2) is 11.9. The van der Waals surface area contributed by atoms with Gasteiger partial charge in [0.2, 0.25) is 0 Å². The molecule has 0 unspecified atom stereocenters. The van der Waals surface area contributed by atoms with E-state index in [1.54, 1.807) is 32.2 Å². The smallest absolute Gasteiger partial charge is 0.421 e. The van der Waals surface area contributed by atoms with Crippen LogP contribution in [0.4, 0.5) is 4.79 Å². The number of unbranched alkanes of at least 4 members (excludes halogenated alkanes) is 1. The summed E-state index contributed by atoms with van der Waals surface area (Å²) >= 11 is 0. The van der Waals surface area contributed by atoms with Crippen LogP contribution >= 0.6 is 0 Å². The van der Waals surface area contributed by atoms with E-state index >= 15 is 0 Å². The van der Waals surface area contributed by atoms with Gasteiger partial charge in [0.25, 0.3) is 10.0 Å². The van der Waals surface area contributed by atoms with Crippen molar-refractivity contribution in [2.45, 2.75) is 70.9 Å². The van der Waals surface area contributed by atoms with Crippen molar-refractivity contribution in [1.29, 1.82) is 0 Å². The highest BCUT2D eigenvalue weighted by Gasteiger charge is 2.24. The number of carbonyl (C=O) groups excluding carboxylic acids is 1. The second-order valence-corrected chi connectivity index (χ2v) is 11.8. The van der Waals surface area contributed by atoms with E-state index in [1.807, 2.05) is 52.7 Å². The van der Waals surface area contributed by atoms with Crippen LogP contribution in [0.2, 0.25) is 0 Å². The van der Waals surface area contributed by atoms with E-state index < -0.39 is 21.7 Å². The van der Waals surface area contributed by atoms with Crippen molar-refractivity contribution in [3.8, 4) is 11.1 Å². The van der Waals surface area contributed by atoms with Crippen LogP contribution in [0.5, 0.6) is 0 Å². The van der Waals surface area contributed by atoms with Gasteiger partial charge in [0.05, 0.1) is 11.5 Å². The third kappa shape index (κ3) is 7.66. The number of ether oxygens (including phenoxy) is 1. The minimum Gasteiger partial charge on any atom is -0.449 e. The molecule has 1 amide bonds. The summed E-state index contributed by atoms with van der Waals surface area (Å²) in [6, 6.07) is 12.8. The van der Waals surface area contributed by atoms with Gasteiger partial charge in [0, 0.05) is 24.5 Å². The van der Waals surface area contributed by atoms with Crippen molar-refractivity contribution < 1.29 is 23.1 Å². The topological polar surface area (TPSA) is 111 Å².